The van der Waals surface area contributed by atoms with Gasteiger partial charge in [0.25, 0.3) is 0 Å². The SMILES string of the molecule is CCC(CC)CBr.CCOC(CBr)OCC. The van der Waals surface area contributed by atoms with E-state index in [0.29, 0.717) is 13.2 Å². The highest BCUT2D eigenvalue weighted by Gasteiger charge is 2.02. The summed E-state index contributed by atoms with van der Waals surface area (Å²) in [7, 11) is 0. The Kier molecular flexibility index (Phi) is 19.1. The van der Waals surface area contributed by atoms with Crippen molar-refractivity contribution in [3.8, 4) is 0 Å². The van der Waals surface area contributed by atoms with Crippen molar-refractivity contribution in [2.24, 2.45) is 5.92 Å². The number of alkyl halides is 2. The summed E-state index contributed by atoms with van der Waals surface area (Å²) in [4.78, 5) is 0. The predicted octanol–water partition coefficient (Wildman–Crippen LogP) is 4.60. The summed E-state index contributed by atoms with van der Waals surface area (Å²) < 4.78 is 10.3. The lowest BCUT2D eigenvalue weighted by Gasteiger charge is -2.12. The van der Waals surface area contributed by atoms with Crippen molar-refractivity contribution in [2.45, 2.75) is 46.8 Å². The standard InChI is InChI=1S/C6H13BrO2.C6H13Br/c1-3-8-6(5-7)9-4-2;1-3-6(4-2)5-7/h6H,3-5H2,1-2H3;6H,3-5H2,1-2H3. The van der Waals surface area contributed by atoms with E-state index in [1.54, 1.807) is 0 Å². The molecule has 2 nitrogen and oxygen atoms in total. The molecule has 0 unspecified atom stereocenters. The molecule has 100 valence electrons. The van der Waals surface area contributed by atoms with Gasteiger partial charge < -0.3 is 9.47 Å². The Morgan fingerprint density at radius 3 is 1.38 bits per heavy atom. The van der Waals surface area contributed by atoms with E-state index in [1.165, 1.54) is 18.2 Å². The molecule has 0 spiro atoms. The molecule has 0 saturated carbocycles. The average Bonchev–Trinajstić information content (AvgIpc) is 2.32. The number of rotatable bonds is 8. The topological polar surface area (TPSA) is 18.5 Å². The van der Waals surface area contributed by atoms with Gasteiger partial charge in [0.1, 0.15) is 0 Å². The fourth-order valence-corrected chi connectivity index (χ4v) is 2.31. The van der Waals surface area contributed by atoms with Crippen LogP contribution in [0.4, 0.5) is 0 Å². The molecule has 4 heteroatoms. The van der Waals surface area contributed by atoms with Gasteiger partial charge in [0, 0.05) is 18.5 Å². The minimum Gasteiger partial charge on any atom is -0.352 e. The summed E-state index contributed by atoms with van der Waals surface area (Å²) in [5, 5.41) is 1.91. The van der Waals surface area contributed by atoms with E-state index >= 15 is 0 Å². The van der Waals surface area contributed by atoms with Crippen LogP contribution in [0.25, 0.3) is 0 Å². The summed E-state index contributed by atoms with van der Waals surface area (Å²) in [6, 6.07) is 0. The smallest absolute Gasteiger partial charge is 0.167 e. The summed E-state index contributed by atoms with van der Waals surface area (Å²) >= 11 is 6.70. The maximum Gasteiger partial charge on any atom is 0.167 e. The minimum atomic E-state index is -0.0694. The van der Waals surface area contributed by atoms with Crippen molar-refractivity contribution in [1.29, 1.82) is 0 Å². The number of hydrogen-bond acceptors (Lipinski definition) is 2. The highest BCUT2D eigenvalue weighted by molar-refractivity contribution is 9.09. The van der Waals surface area contributed by atoms with Crippen LogP contribution in [0.1, 0.15) is 40.5 Å². The Balaban J connectivity index is 0. The molecule has 0 bridgehead atoms. The lowest BCUT2D eigenvalue weighted by molar-refractivity contribution is -0.119. The quantitative estimate of drug-likeness (QED) is 0.464. The van der Waals surface area contributed by atoms with Gasteiger partial charge in [-0.3, -0.25) is 0 Å². The van der Waals surface area contributed by atoms with Gasteiger partial charge in [-0.15, -0.1) is 0 Å². The van der Waals surface area contributed by atoms with E-state index in [-0.39, 0.29) is 6.29 Å². The first-order chi connectivity index (χ1) is 7.69. The molecule has 0 aromatic rings. The molecule has 0 aromatic carbocycles. The second-order valence-corrected chi connectivity index (χ2v) is 4.63. The van der Waals surface area contributed by atoms with Crippen molar-refractivity contribution in [3.63, 3.8) is 0 Å². The first kappa shape index (κ1) is 19.2. The molecule has 0 amide bonds. The van der Waals surface area contributed by atoms with E-state index in [9.17, 15) is 0 Å². The van der Waals surface area contributed by atoms with Gasteiger partial charge in [-0.05, 0) is 19.8 Å². The Morgan fingerprint density at radius 1 is 0.812 bits per heavy atom. The second kappa shape index (κ2) is 15.9. The first-order valence-corrected chi connectivity index (χ1v) is 8.29. The van der Waals surface area contributed by atoms with Crippen LogP contribution in [-0.4, -0.2) is 30.2 Å². The van der Waals surface area contributed by atoms with Gasteiger partial charge in [0.2, 0.25) is 0 Å². The van der Waals surface area contributed by atoms with Gasteiger partial charge in [-0.2, -0.15) is 0 Å². The largest absolute Gasteiger partial charge is 0.352 e. The fraction of sp³-hybridized carbons (Fsp3) is 1.00. The average molecular weight is 362 g/mol. The number of ether oxygens (including phenoxy) is 2. The molecule has 0 fully saturated rings. The molecule has 0 atom stereocenters. The van der Waals surface area contributed by atoms with Crippen molar-refractivity contribution in [1.82, 2.24) is 0 Å². The molecule has 0 N–H and O–H groups in total. The Morgan fingerprint density at radius 2 is 1.25 bits per heavy atom. The number of hydrogen-bond donors (Lipinski definition) is 0. The molecule has 0 rings (SSSR count). The highest BCUT2D eigenvalue weighted by Crippen LogP contribution is 2.09. The lowest BCUT2D eigenvalue weighted by atomic mass is 10.1. The molecule has 0 aliphatic heterocycles. The van der Waals surface area contributed by atoms with Crippen molar-refractivity contribution in [2.75, 3.05) is 23.9 Å². The predicted molar refractivity (Wildman–Crippen MR) is 78.7 cm³/mol. The first-order valence-electron chi connectivity index (χ1n) is 6.04. The molecule has 0 saturated heterocycles. The lowest BCUT2D eigenvalue weighted by Crippen LogP contribution is -2.18. The number of halogens is 2. The van der Waals surface area contributed by atoms with Crippen molar-refractivity contribution in [3.05, 3.63) is 0 Å². The monoisotopic (exact) mass is 360 g/mol. The van der Waals surface area contributed by atoms with Crippen LogP contribution in [-0.2, 0) is 9.47 Å². The maximum atomic E-state index is 5.16. The Labute approximate surface area is 118 Å². The molecule has 0 heterocycles. The van der Waals surface area contributed by atoms with Gasteiger partial charge in [0.15, 0.2) is 6.29 Å². The molecular weight excluding hydrogens is 336 g/mol. The molecule has 0 aliphatic rings. The van der Waals surface area contributed by atoms with Gasteiger partial charge in [-0.1, -0.05) is 58.5 Å². The van der Waals surface area contributed by atoms with Crippen LogP contribution in [0.2, 0.25) is 0 Å². The normalized spacial score (nSPS) is 10.5. The third-order valence-corrected chi connectivity index (χ3v) is 3.65. The minimum absolute atomic E-state index is 0.0694. The summed E-state index contributed by atoms with van der Waals surface area (Å²) in [6.45, 7) is 9.78. The van der Waals surface area contributed by atoms with E-state index in [2.05, 4.69) is 45.7 Å². The van der Waals surface area contributed by atoms with Crippen LogP contribution in [0, 0.1) is 5.92 Å². The van der Waals surface area contributed by atoms with Crippen LogP contribution < -0.4 is 0 Å². The molecule has 0 aromatic heterocycles. The van der Waals surface area contributed by atoms with Crippen LogP contribution in [0.15, 0.2) is 0 Å². The van der Waals surface area contributed by atoms with E-state index in [4.69, 9.17) is 9.47 Å². The highest BCUT2D eigenvalue weighted by atomic mass is 79.9. The van der Waals surface area contributed by atoms with Crippen molar-refractivity contribution < 1.29 is 9.47 Å². The third-order valence-electron chi connectivity index (χ3n) is 2.20. The van der Waals surface area contributed by atoms with Crippen LogP contribution in [0.3, 0.4) is 0 Å². The molecule has 0 aliphatic carbocycles. The summed E-state index contributed by atoms with van der Waals surface area (Å²) in [5.74, 6) is 0.903. The summed E-state index contributed by atoms with van der Waals surface area (Å²) in [5.41, 5.74) is 0. The summed E-state index contributed by atoms with van der Waals surface area (Å²) in [6.07, 6.45) is 2.55. The van der Waals surface area contributed by atoms with Crippen LogP contribution >= 0.6 is 31.9 Å². The van der Waals surface area contributed by atoms with E-state index in [1.807, 2.05) is 13.8 Å². The fourth-order valence-electron chi connectivity index (χ4n) is 1.02. The zero-order valence-electron chi connectivity index (χ0n) is 11.0. The Hall–Kier alpha value is 0.880. The van der Waals surface area contributed by atoms with E-state index < -0.39 is 0 Å². The Bertz CT molecular complexity index is 108. The molecule has 0 radical (unpaired) electrons. The van der Waals surface area contributed by atoms with Gasteiger partial charge in [0.05, 0.1) is 5.33 Å². The zero-order chi connectivity index (χ0) is 12.8. The second-order valence-electron chi connectivity index (χ2n) is 3.33. The maximum absolute atomic E-state index is 5.16. The van der Waals surface area contributed by atoms with Crippen LogP contribution in [0.5, 0.6) is 0 Å². The third kappa shape index (κ3) is 12.9. The van der Waals surface area contributed by atoms with E-state index in [0.717, 1.165) is 11.2 Å². The zero-order valence-corrected chi connectivity index (χ0v) is 14.1. The molecule has 16 heavy (non-hydrogen) atoms. The van der Waals surface area contributed by atoms with Gasteiger partial charge >= 0.3 is 0 Å². The van der Waals surface area contributed by atoms with Gasteiger partial charge in [-0.25, -0.2) is 0 Å². The van der Waals surface area contributed by atoms with Crippen molar-refractivity contribution >= 4 is 31.9 Å². The molecular formula is C12H26Br2O2.